The number of benzene rings is 1. The Morgan fingerprint density at radius 2 is 1.70 bits per heavy atom. The summed E-state index contributed by atoms with van der Waals surface area (Å²) in [6.45, 7) is 4.71. The maximum atomic E-state index is 7.57. The van der Waals surface area contributed by atoms with E-state index in [9.17, 15) is 0 Å². The van der Waals surface area contributed by atoms with Gasteiger partial charge in [0.05, 0.1) is 5.52 Å². The number of methoxy groups -OCH3 is 1. The molecule has 0 fully saturated rings. The van der Waals surface area contributed by atoms with Crippen LogP contribution in [-0.4, -0.2) is 30.4 Å². The third-order valence-corrected chi connectivity index (χ3v) is 2.06. The minimum absolute atomic E-state index is 0. The predicted molar refractivity (Wildman–Crippen MR) is 84.6 cm³/mol. The van der Waals surface area contributed by atoms with Crippen LogP contribution in [0.1, 0.15) is 15.3 Å². The van der Waals surface area contributed by atoms with E-state index in [4.69, 9.17) is 27.8 Å². The molecule has 1 aromatic heterocycles. The van der Waals surface area contributed by atoms with Gasteiger partial charge in [-0.3, -0.25) is 0 Å². The van der Waals surface area contributed by atoms with E-state index in [-0.39, 0.29) is 8.03 Å². The summed E-state index contributed by atoms with van der Waals surface area (Å²) in [4.78, 5) is 4.14. The highest BCUT2D eigenvalue weighted by Gasteiger charge is 1.92. The number of aromatic nitrogens is 1. The molecule has 20 heavy (non-hydrogen) atoms. The first-order valence-electron chi connectivity index (χ1n) is 6.05. The lowest BCUT2D eigenvalue weighted by Gasteiger charge is -1.94. The molecule has 0 aliphatic carbocycles. The molecule has 5 nitrogen and oxygen atoms in total. The summed E-state index contributed by atoms with van der Waals surface area (Å²) in [6, 6.07) is 11.7. The molecule has 1 aromatic carbocycles. The second-order valence-electron chi connectivity index (χ2n) is 3.22. The monoisotopic (exact) mass is 301 g/mol. The largest absolute Gasteiger partial charge is 0.397 e. The molecular weight excluding hydrogens is 278 g/mol. The van der Waals surface area contributed by atoms with Crippen LogP contribution in [-0.2, 0) is 4.74 Å². The van der Waals surface area contributed by atoms with Crippen molar-refractivity contribution in [3.8, 4) is 0 Å². The number of hydrogen-bond donors (Lipinski definition) is 3. The lowest BCUT2D eigenvalue weighted by molar-refractivity contribution is 0.215. The molecule has 0 atom stereocenters. The number of ether oxygens (including phenoxy) is 1. The average Bonchev–Trinajstić information content (AvgIpc) is 2.50. The minimum Gasteiger partial charge on any atom is -0.397 e. The van der Waals surface area contributed by atoms with E-state index in [0.717, 1.165) is 17.5 Å². The van der Waals surface area contributed by atoms with Crippen LogP contribution in [0, 0.1) is 11.1 Å². The summed E-state index contributed by atoms with van der Waals surface area (Å²) >= 11 is 5.71. The van der Waals surface area contributed by atoms with Crippen LogP contribution in [0.3, 0.4) is 0 Å². The normalized spacial score (nSPS) is 8.25. The molecule has 0 amide bonds. The van der Waals surface area contributed by atoms with Crippen molar-refractivity contribution in [1.82, 2.24) is 4.98 Å². The van der Waals surface area contributed by atoms with Crippen LogP contribution in [0.15, 0.2) is 36.4 Å². The number of pyridine rings is 1. The van der Waals surface area contributed by atoms with Gasteiger partial charge in [0.1, 0.15) is 5.15 Å². The van der Waals surface area contributed by atoms with Crippen molar-refractivity contribution < 1.29 is 11.3 Å². The van der Waals surface area contributed by atoms with Gasteiger partial charge in [-0.25, -0.2) is 16.0 Å². The van der Waals surface area contributed by atoms with Gasteiger partial charge in [0.2, 0.25) is 0 Å². The fraction of sp³-hybridized carbons (Fsp3) is 0.357. The van der Waals surface area contributed by atoms with E-state index in [1.807, 2.05) is 37.3 Å². The summed E-state index contributed by atoms with van der Waals surface area (Å²) in [5, 5.41) is 9.24. The number of aliphatic hydroxyl groups excluding tert-OH is 1. The standard InChI is InChI=1S/C9H6ClN.C3H8O.C2H6O.H2N2.H2/c10-9-6-5-7-3-1-2-4-8(7)11-9;1-3-4-2;1-2-3;1-2;/h1-6H;3H2,1-2H3;3H,2H2,1H3;1-2H;1H. The van der Waals surface area contributed by atoms with Crippen molar-refractivity contribution in [3.05, 3.63) is 41.6 Å². The topological polar surface area (TPSA) is 90.1 Å². The van der Waals surface area contributed by atoms with Gasteiger partial charge >= 0.3 is 0 Å². The average molecular weight is 302 g/mol. The van der Waals surface area contributed by atoms with Gasteiger partial charge in [0.25, 0.3) is 0 Å². The third-order valence-electron chi connectivity index (χ3n) is 1.85. The molecule has 2 rings (SSSR count). The first-order chi connectivity index (χ1) is 9.69. The molecule has 0 radical (unpaired) electrons. The fourth-order valence-corrected chi connectivity index (χ4v) is 1.20. The highest BCUT2D eigenvalue weighted by molar-refractivity contribution is 6.29. The molecule has 0 aliphatic rings. The Labute approximate surface area is 126 Å². The Morgan fingerprint density at radius 1 is 1.20 bits per heavy atom. The van der Waals surface area contributed by atoms with Crippen molar-refractivity contribution in [1.29, 1.82) is 11.1 Å². The molecular formula is C14H24ClN3O2. The van der Waals surface area contributed by atoms with E-state index in [0.29, 0.717) is 5.15 Å². The molecule has 2 aromatic rings. The first kappa shape index (κ1) is 20.8. The Morgan fingerprint density at radius 3 is 2.20 bits per heavy atom. The Balaban J connectivity index is -0.000000277. The SMILES string of the molecule is CCO.CCOC.Clc1ccc2ccccc2n1.N=N.[HH]. The molecule has 0 bridgehead atoms. The summed E-state index contributed by atoms with van der Waals surface area (Å²) < 4.78 is 4.54. The quantitative estimate of drug-likeness (QED) is 0.539. The van der Waals surface area contributed by atoms with Gasteiger partial charge in [0, 0.05) is 27.1 Å². The van der Waals surface area contributed by atoms with Crippen LogP contribution in [0.2, 0.25) is 5.15 Å². The number of para-hydroxylation sites is 1. The number of nitrogens with one attached hydrogen (secondary N) is 2. The molecule has 0 saturated carbocycles. The highest BCUT2D eigenvalue weighted by Crippen LogP contribution is 2.13. The molecule has 6 heteroatoms. The summed E-state index contributed by atoms with van der Waals surface area (Å²) in [5.41, 5.74) is 10.9. The maximum Gasteiger partial charge on any atom is 0.129 e. The molecule has 0 unspecified atom stereocenters. The van der Waals surface area contributed by atoms with Crippen LogP contribution >= 0.6 is 11.6 Å². The van der Waals surface area contributed by atoms with E-state index in [1.165, 1.54) is 0 Å². The van der Waals surface area contributed by atoms with E-state index in [2.05, 4.69) is 9.72 Å². The summed E-state index contributed by atoms with van der Waals surface area (Å²) in [7, 11) is 1.68. The minimum atomic E-state index is 0. The van der Waals surface area contributed by atoms with Crippen LogP contribution in [0.25, 0.3) is 10.9 Å². The molecule has 0 saturated heterocycles. The van der Waals surface area contributed by atoms with Crippen molar-refractivity contribution in [3.63, 3.8) is 0 Å². The predicted octanol–water partition coefficient (Wildman–Crippen LogP) is 4.38. The first-order valence-corrected chi connectivity index (χ1v) is 6.43. The van der Waals surface area contributed by atoms with Gasteiger partial charge in [-0.05, 0) is 32.0 Å². The van der Waals surface area contributed by atoms with Gasteiger partial charge in [-0.15, -0.1) is 0 Å². The summed E-state index contributed by atoms with van der Waals surface area (Å²) in [5.74, 6) is 0. The maximum absolute atomic E-state index is 7.57. The second kappa shape index (κ2) is 15.5. The Bertz CT molecular complexity index is 459. The molecule has 0 spiro atoms. The van der Waals surface area contributed by atoms with E-state index in [1.54, 1.807) is 20.1 Å². The number of rotatable bonds is 1. The second-order valence-corrected chi connectivity index (χ2v) is 3.61. The highest BCUT2D eigenvalue weighted by atomic mass is 35.5. The molecule has 1 heterocycles. The van der Waals surface area contributed by atoms with Gasteiger partial charge in [-0.2, -0.15) is 0 Å². The van der Waals surface area contributed by atoms with E-state index < -0.39 is 0 Å². The molecule has 0 aliphatic heterocycles. The van der Waals surface area contributed by atoms with Crippen LogP contribution in [0.4, 0.5) is 0 Å². The zero-order valence-corrected chi connectivity index (χ0v) is 12.8. The zero-order chi connectivity index (χ0) is 15.8. The van der Waals surface area contributed by atoms with E-state index >= 15 is 0 Å². The Hall–Kier alpha value is -1.56. The van der Waals surface area contributed by atoms with Crippen molar-refractivity contribution in [2.75, 3.05) is 20.3 Å². The van der Waals surface area contributed by atoms with Crippen molar-refractivity contribution in [2.24, 2.45) is 0 Å². The van der Waals surface area contributed by atoms with Gasteiger partial charge in [0.15, 0.2) is 0 Å². The van der Waals surface area contributed by atoms with Crippen molar-refractivity contribution >= 4 is 22.5 Å². The van der Waals surface area contributed by atoms with Crippen molar-refractivity contribution in [2.45, 2.75) is 13.8 Å². The van der Waals surface area contributed by atoms with Crippen LogP contribution in [0.5, 0.6) is 0 Å². The molecule has 3 N–H and O–H groups in total. The van der Waals surface area contributed by atoms with Gasteiger partial charge in [-0.1, -0.05) is 29.8 Å². The lowest BCUT2D eigenvalue weighted by atomic mass is 10.2. The number of hydrogen-bond acceptors (Lipinski definition) is 5. The van der Waals surface area contributed by atoms with Crippen LogP contribution < -0.4 is 0 Å². The number of nitrogens with zero attached hydrogens (tertiary/aromatic N) is 1. The van der Waals surface area contributed by atoms with Gasteiger partial charge < -0.3 is 9.84 Å². The summed E-state index contributed by atoms with van der Waals surface area (Å²) in [6.07, 6.45) is 0. The Kier molecular flexibility index (Phi) is 16.1. The zero-order valence-electron chi connectivity index (χ0n) is 12.1. The fourth-order valence-electron chi connectivity index (χ4n) is 1.04. The number of halogens is 1. The lowest BCUT2D eigenvalue weighted by Crippen LogP contribution is -1.76. The third kappa shape index (κ3) is 10.4. The number of fused-ring (bicyclic) bond motifs is 1. The smallest absolute Gasteiger partial charge is 0.129 e. The number of aliphatic hydroxyl groups is 1. The molecule has 114 valence electrons.